The van der Waals surface area contributed by atoms with Crippen LogP contribution >= 0.6 is 15.9 Å². The van der Waals surface area contributed by atoms with E-state index < -0.39 is 0 Å². The summed E-state index contributed by atoms with van der Waals surface area (Å²) >= 11 is 3.65. The van der Waals surface area contributed by atoms with Gasteiger partial charge in [-0.2, -0.15) is 0 Å². The second-order valence-electron chi connectivity index (χ2n) is 5.64. The number of rotatable bonds is 6. The minimum absolute atomic E-state index is 0.585. The molecule has 1 N–H and O–H groups in total. The topological polar surface area (TPSA) is 21.3 Å². The van der Waals surface area contributed by atoms with Crippen LogP contribution in [0, 0.1) is 6.92 Å². The Bertz CT molecular complexity index is 622. The van der Waals surface area contributed by atoms with E-state index >= 15 is 0 Å². The van der Waals surface area contributed by atoms with E-state index in [1.54, 1.807) is 0 Å². The van der Waals surface area contributed by atoms with Gasteiger partial charge in [0.25, 0.3) is 0 Å². The van der Waals surface area contributed by atoms with Crippen molar-refractivity contribution in [2.75, 3.05) is 0 Å². The molecule has 3 rings (SSSR count). The molecule has 1 fully saturated rings. The van der Waals surface area contributed by atoms with Gasteiger partial charge >= 0.3 is 0 Å². The zero-order chi connectivity index (χ0) is 14.7. The summed E-state index contributed by atoms with van der Waals surface area (Å²) in [6, 6.07) is 15.4. The van der Waals surface area contributed by atoms with Crippen molar-refractivity contribution in [3.63, 3.8) is 0 Å². The van der Waals surface area contributed by atoms with Gasteiger partial charge in [0.2, 0.25) is 0 Å². The molecular weight excluding hydrogens is 326 g/mol. The summed E-state index contributed by atoms with van der Waals surface area (Å²) < 4.78 is 7.02. The fraction of sp³-hybridized carbons (Fsp3) is 0.333. The first-order chi connectivity index (χ1) is 10.2. The number of benzene rings is 2. The SMILES string of the molecule is Cc1ccccc1OCc1ccc(CNC2CC2)cc1Br. The number of aryl methyl sites for hydroxylation is 1. The number of nitrogens with one attached hydrogen (secondary N) is 1. The fourth-order valence-corrected chi connectivity index (χ4v) is 2.78. The van der Waals surface area contributed by atoms with Gasteiger partial charge in [-0.05, 0) is 43.0 Å². The quantitative estimate of drug-likeness (QED) is 0.826. The standard InChI is InChI=1S/C18H20BrNO/c1-13-4-2-3-5-18(13)21-12-15-7-6-14(10-17(15)19)11-20-16-8-9-16/h2-7,10,16,20H,8-9,11-12H2,1H3. The molecule has 0 bridgehead atoms. The van der Waals surface area contributed by atoms with Crippen molar-refractivity contribution >= 4 is 15.9 Å². The molecule has 0 aromatic heterocycles. The van der Waals surface area contributed by atoms with Crippen molar-refractivity contribution in [1.29, 1.82) is 0 Å². The van der Waals surface area contributed by atoms with Gasteiger partial charge < -0.3 is 10.1 Å². The lowest BCUT2D eigenvalue weighted by molar-refractivity contribution is 0.303. The predicted octanol–water partition coefficient (Wildman–Crippen LogP) is 4.59. The molecule has 2 nitrogen and oxygen atoms in total. The van der Waals surface area contributed by atoms with Crippen LogP contribution in [-0.4, -0.2) is 6.04 Å². The molecule has 1 aliphatic carbocycles. The molecule has 0 aliphatic heterocycles. The maximum Gasteiger partial charge on any atom is 0.122 e. The fourth-order valence-electron chi connectivity index (χ4n) is 2.24. The minimum Gasteiger partial charge on any atom is -0.489 e. The smallest absolute Gasteiger partial charge is 0.122 e. The molecule has 0 unspecified atom stereocenters. The van der Waals surface area contributed by atoms with Gasteiger partial charge in [-0.15, -0.1) is 0 Å². The molecule has 0 heterocycles. The predicted molar refractivity (Wildman–Crippen MR) is 89.5 cm³/mol. The lowest BCUT2D eigenvalue weighted by Gasteiger charge is -2.11. The highest BCUT2D eigenvalue weighted by molar-refractivity contribution is 9.10. The third kappa shape index (κ3) is 4.08. The Morgan fingerprint density at radius 1 is 1.19 bits per heavy atom. The van der Waals surface area contributed by atoms with Crippen LogP contribution in [0.5, 0.6) is 5.75 Å². The number of halogens is 1. The Labute approximate surface area is 134 Å². The second-order valence-corrected chi connectivity index (χ2v) is 6.49. The average molecular weight is 346 g/mol. The zero-order valence-corrected chi connectivity index (χ0v) is 13.8. The largest absolute Gasteiger partial charge is 0.489 e. The van der Waals surface area contributed by atoms with Crippen LogP contribution in [0.4, 0.5) is 0 Å². The van der Waals surface area contributed by atoms with Crippen molar-refractivity contribution in [2.24, 2.45) is 0 Å². The molecule has 0 saturated heterocycles. The van der Waals surface area contributed by atoms with Gasteiger partial charge in [-0.1, -0.05) is 46.3 Å². The Kier molecular flexibility index (Phi) is 4.61. The van der Waals surface area contributed by atoms with Crippen molar-refractivity contribution in [3.05, 3.63) is 63.6 Å². The lowest BCUT2D eigenvalue weighted by Crippen LogP contribution is -2.15. The molecule has 2 aromatic rings. The molecule has 21 heavy (non-hydrogen) atoms. The van der Waals surface area contributed by atoms with E-state index in [1.807, 2.05) is 18.2 Å². The van der Waals surface area contributed by atoms with Gasteiger partial charge in [-0.25, -0.2) is 0 Å². The van der Waals surface area contributed by atoms with Crippen molar-refractivity contribution in [1.82, 2.24) is 5.32 Å². The summed E-state index contributed by atoms with van der Waals surface area (Å²) in [4.78, 5) is 0. The first kappa shape index (κ1) is 14.6. The summed E-state index contributed by atoms with van der Waals surface area (Å²) in [6.45, 7) is 3.60. The zero-order valence-electron chi connectivity index (χ0n) is 12.2. The van der Waals surface area contributed by atoms with Gasteiger partial charge in [-0.3, -0.25) is 0 Å². The van der Waals surface area contributed by atoms with Crippen LogP contribution < -0.4 is 10.1 Å². The average Bonchev–Trinajstić information content (AvgIpc) is 3.30. The van der Waals surface area contributed by atoms with Crippen LogP contribution in [0.1, 0.15) is 29.5 Å². The highest BCUT2D eigenvalue weighted by Crippen LogP contribution is 2.24. The summed E-state index contributed by atoms with van der Waals surface area (Å²) in [5, 5.41) is 3.53. The van der Waals surface area contributed by atoms with Crippen LogP contribution in [-0.2, 0) is 13.2 Å². The molecule has 2 aromatic carbocycles. The first-order valence-electron chi connectivity index (χ1n) is 7.41. The van der Waals surface area contributed by atoms with Crippen LogP contribution in [0.3, 0.4) is 0 Å². The number of ether oxygens (including phenoxy) is 1. The van der Waals surface area contributed by atoms with Crippen LogP contribution in [0.2, 0.25) is 0 Å². The molecule has 1 saturated carbocycles. The van der Waals surface area contributed by atoms with Gasteiger partial charge in [0.15, 0.2) is 0 Å². The third-order valence-electron chi connectivity index (χ3n) is 3.77. The highest BCUT2D eigenvalue weighted by Gasteiger charge is 2.19. The van der Waals surface area contributed by atoms with Crippen LogP contribution in [0.25, 0.3) is 0 Å². The Hall–Kier alpha value is -1.32. The van der Waals surface area contributed by atoms with E-state index in [4.69, 9.17) is 4.74 Å². The maximum atomic E-state index is 5.91. The molecule has 0 amide bonds. The Balaban J connectivity index is 1.61. The Morgan fingerprint density at radius 3 is 2.71 bits per heavy atom. The normalized spacial score (nSPS) is 14.2. The van der Waals surface area contributed by atoms with Crippen molar-refractivity contribution in [3.8, 4) is 5.75 Å². The third-order valence-corrected chi connectivity index (χ3v) is 4.50. The Morgan fingerprint density at radius 2 is 2.00 bits per heavy atom. The summed E-state index contributed by atoms with van der Waals surface area (Å²) in [5.74, 6) is 0.948. The van der Waals surface area contributed by atoms with Gasteiger partial charge in [0, 0.05) is 22.6 Å². The molecule has 0 radical (unpaired) electrons. The first-order valence-corrected chi connectivity index (χ1v) is 8.21. The molecule has 0 spiro atoms. The molecule has 3 heteroatoms. The maximum absolute atomic E-state index is 5.91. The summed E-state index contributed by atoms with van der Waals surface area (Å²) in [7, 11) is 0. The molecule has 0 atom stereocenters. The van der Waals surface area contributed by atoms with Crippen molar-refractivity contribution in [2.45, 2.75) is 39.0 Å². The van der Waals surface area contributed by atoms with E-state index in [0.717, 1.165) is 22.8 Å². The van der Waals surface area contributed by atoms with Crippen molar-refractivity contribution < 1.29 is 4.74 Å². The molecule has 1 aliphatic rings. The lowest BCUT2D eigenvalue weighted by atomic mass is 10.1. The van der Waals surface area contributed by atoms with E-state index in [2.05, 4.69) is 52.4 Å². The van der Waals surface area contributed by atoms with Crippen LogP contribution in [0.15, 0.2) is 46.9 Å². The molecular formula is C18H20BrNO. The van der Waals surface area contributed by atoms with E-state index in [1.165, 1.54) is 29.5 Å². The summed E-state index contributed by atoms with van der Waals surface area (Å²) in [5.41, 5.74) is 3.65. The van der Waals surface area contributed by atoms with E-state index in [0.29, 0.717) is 6.61 Å². The minimum atomic E-state index is 0.585. The van der Waals surface area contributed by atoms with E-state index in [9.17, 15) is 0 Å². The number of hydrogen-bond acceptors (Lipinski definition) is 2. The monoisotopic (exact) mass is 345 g/mol. The summed E-state index contributed by atoms with van der Waals surface area (Å²) in [6.07, 6.45) is 2.65. The van der Waals surface area contributed by atoms with Gasteiger partial charge in [0.1, 0.15) is 12.4 Å². The highest BCUT2D eigenvalue weighted by atomic mass is 79.9. The number of para-hydroxylation sites is 1. The second kappa shape index (κ2) is 6.63. The molecule has 110 valence electrons. The van der Waals surface area contributed by atoms with Gasteiger partial charge in [0.05, 0.1) is 0 Å². The number of hydrogen-bond donors (Lipinski definition) is 1. The van der Waals surface area contributed by atoms with E-state index in [-0.39, 0.29) is 0 Å².